The van der Waals surface area contributed by atoms with Crippen LogP contribution in [0.4, 0.5) is 5.82 Å². The highest BCUT2D eigenvalue weighted by Gasteiger charge is 2.16. The standard InChI is InChI=1S/C11H17N3O2S/c1-4-17(15,16)6-5-14-9(3)8(2)10(7-12)11(14)13/h4-6,13H2,1-3H3. The predicted octanol–water partition coefficient (Wildman–Crippen LogP) is 0.994. The number of nitrogen functional groups attached to an aromatic ring is 1. The van der Waals surface area contributed by atoms with E-state index in [4.69, 9.17) is 11.0 Å². The Morgan fingerprint density at radius 3 is 2.41 bits per heavy atom. The van der Waals surface area contributed by atoms with Crippen molar-refractivity contribution in [1.29, 1.82) is 5.26 Å². The van der Waals surface area contributed by atoms with Gasteiger partial charge < -0.3 is 10.3 Å². The molecule has 0 spiro atoms. The van der Waals surface area contributed by atoms with Crippen LogP contribution in [0, 0.1) is 25.2 Å². The summed E-state index contributed by atoms with van der Waals surface area (Å²) < 4.78 is 24.6. The molecule has 0 aromatic carbocycles. The number of sulfone groups is 1. The van der Waals surface area contributed by atoms with E-state index in [0.717, 1.165) is 11.3 Å². The lowest BCUT2D eigenvalue weighted by molar-refractivity contribution is 0.590. The first kappa shape index (κ1) is 13.6. The summed E-state index contributed by atoms with van der Waals surface area (Å²) in [6.45, 7) is 5.57. The molecule has 0 aliphatic carbocycles. The third-order valence-electron chi connectivity index (χ3n) is 3.05. The van der Waals surface area contributed by atoms with E-state index in [1.54, 1.807) is 11.5 Å². The Kier molecular flexibility index (Phi) is 3.83. The zero-order chi connectivity index (χ0) is 13.2. The molecule has 94 valence electrons. The smallest absolute Gasteiger partial charge is 0.151 e. The molecule has 0 radical (unpaired) electrons. The van der Waals surface area contributed by atoms with Crippen molar-refractivity contribution in [2.45, 2.75) is 27.3 Å². The number of hydrogen-bond acceptors (Lipinski definition) is 4. The highest BCUT2D eigenvalue weighted by Crippen LogP contribution is 2.23. The molecule has 0 unspecified atom stereocenters. The van der Waals surface area contributed by atoms with Crippen molar-refractivity contribution >= 4 is 15.7 Å². The number of anilines is 1. The number of aromatic nitrogens is 1. The largest absolute Gasteiger partial charge is 0.384 e. The lowest BCUT2D eigenvalue weighted by Crippen LogP contribution is -2.16. The Morgan fingerprint density at radius 2 is 2.00 bits per heavy atom. The SMILES string of the molecule is CCS(=O)(=O)CCn1c(C)c(C)c(C#N)c1N. The number of nitrogens with two attached hydrogens (primary N) is 1. The summed E-state index contributed by atoms with van der Waals surface area (Å²) >= 11 is 0. The molecule has 1 aromatic heterocycles. The zero-order valence-corrected chi connectivity index (χ0v) is 11.1. The van der Waals surface area contributed by atoms with Crippen LogP contribution in [0.25, 0.3) is 0 Å². The summed E-state index contributed by atoms with van der Waals surface area (Å²) in [7, 11) is -3.02. The Bertz CT molecular complexity index is 565. The van der Waals surface area contributed by atoms with Gasteiger partial charge in [-0.1, -0.05) is 6.92 Å². The molecule has 5 nitrogen and oxygen atoms in total. The number of nitrogens with zero attached hydrogens (tertiary/aromatic N) is 2. The van der Waals surface area contributed by atoms with Crippen molar-refractivity contribution in [1.82, 2.24) is 4.57 Å². The van der Waals surface area contributed by atoms with Crippen molar-refractivity contribution in [3.8, 4) is 6.07 Å². The second-order valence-electron chi connectivity index (χ2n) is 3.97. The molecule has 1 aromatic rings. The van der Waals surface area contributed by atoms with E-state index in [9.17, 15) is 8.42 Å². The van der Waals surface area contributed by atoms with Gasteiger partial charge in [-0.25, -0.2) is 8.42 Å². The van der Waals surface area contributed by atoms with Gasteiger partial charge in [0.2, 0.25) is 0 Å². The van der Waals surface area contributed by atoms with Crippen LogP contribution < -0.4 is 5.73 Å². The van der Waals surface area contributed by atoms with Crippen LogP contribution in [0.1, 0.15) is 23.7 Å². The van der Waals surface area contributed by atoms with Gasteiger partial charge >= 0.3 is 0 Å². The van der Waals surface area contributed by atoms with Crippen LogP contribution in [0.15, 0.2) is 0 Å². The molecule has 0 fully saturated rings. The number of rotatable bonds is 4. The highest BCUT2D eigenvalue weighted by atomic mass is 32.2. The minimum Gasteiger partial charge on any atom is -0.384 e. The summed E-state index contributed by atoms with van der Waals surface area (Å²) in [5.74, 6) is 0.527. The lowest BCUT2D eigenvalue weighted by Gasteiger charge is -2.08. The van der Waals surface area contributed by atoms with Gasteiger partial charge in [-0.3, -0.25) is 0 Å². The molecule has 17 heavy (non-hydrogen) atoms. The van der Waals surface area contributed by atoms with Gasteiger partial charge in [-0.2, -0.15) is 5.26 Å². The molecular weight excluding hydrogens is 238 g/mol. The first-order valence-electron chi connectivity index (χ1n) is 5.39. The predicted molar refractivity (Wildman–Crippen MR) is 67.4 cm³/mol. The molecule has 0 saturated carbocycles. The molecule has 0 bridgehead atoms. The molecule has 0 atom stereocenters. The van der Waals surface area contributed by atoms with E-state index >= 15 is 0 Å². The first-order valence-corrected chi connectivity index (χ1v) is 7.21. The summed E-state index contributed by atoms with van der Waals surface area (Å²) in [4.78, 5) is 0. The van der Waals surface area contributed by atoms with Gasteiger partial charge in [0.1, 0.15) is 11.9 Å². The van der Waals surface area contributed by atoms with E-state index in [1.165, 1.54) is 0 Å². The van der Waals surface area contributed by atoms with E-state index in [1.807, 2.05) is 19.9 Å². The fraction of sp³-hybridized carbons (Fsp3) is 0.545. The van der Waals surface area contributed by atoms with Crippen LogP contribution in [0.3, 0.4) is 0 Å². The zero-order valence-electron chi connectivity index (χ0n) is 10.3. The van der Waals surface area contributed by atoms with Gasteiger partial charge in [0, 0.05) is 18.0 Å². The minimum absolute atomic E-state index is 0.0491. The fourth-order valence-electron chi connectivity index (χ4n) is 1.70. The van der Waals surface area contributed by atoms with Gasteiger partial charge in [0.05, 0.1) is 11.3 Å². The van der Waals surface area contributed by atoms with Crippen molar-refractivity contribution in [3.05, 3.63) is 16.8 Å². The van der Waals surface area contributed by atoms with E-state index < -0.39 is 9.84 Å². The lowest BCUT2D eigenvalue weighted by atomic mass is 10.2. The maximum absolute atomic E-state index is 11.4. The first-order chi connectivity index (χ1) is 7.84. The van der Waals surface area contributed by atoms with Gasteiger partial charge in [-0.15, -0.1) is 0 Å². The number of nitriles is 1. The van der Waals surface area contributed by atoms with Gasteiger partial charge in [0.15, 0.2) is 9.84 Å². The molecular formula is C11H17N3O2S. The molecule has 1 heterocycles. The molecule has 1 rings (SSSR count). The van der Waals surface area contributed by atoms with Crippen LogP contribution in [0.5, 0.6) is 0 Å². The normalized spacial score (nSPS) is 11.4. The van der Waals surface area contributed by atoms with Crippen LogP contribution >= 0.6 is 0 Å². The Hall–Kier alpha value is -1.48. The maximum Gasteiger partial charge on any atom is 0.151 e. The molecule has 0 amide bonds. The fourth-order valence-corrected chi connectivity index (χ4v) is 2.44. The second kappa shape index (κ2) is 4.80. The summed E-state index contributed by atoms with van der Waals surface area (Å²) in [5, 5.41) is 8.95. The van der Waals surface area contributed by atoms with Crippen LogP contribution in [-0.4, -0.2) is 24.5 Å². The molecule has 0 aliphatic rings. The van der Waals surface area contributed by atoms with Gasteiger partial charge in [0.25, 0.3) is 0 Å². The van der Waals surface area contributed by atoms with Crippen LogP contribution in [-0.2, 0) is 16.4 Å². The molecule has 6 heteroatoms. The van der Waals surface area contributed by atoms with E-state index in [2.05, 4.69) is 0 Å². The molecule has 0 aliphatic heterocycles. The highest BCUT2D eigenvalue weighted by molar-refractivity contribution is 7.91. The third kappa shape index (κ3) is 2.61. The Balaban J connectivity index is 3.06. The quantitative estimate of drug-likeness (QED) is 0.869. The van der Waals surface area contributed by atoms with Crippen LogP contribution in [0.2, 0.25) is 0 Å². The van der Waals surface area contributed by atoms with Gasteiger partial charge in [-0.05, 0) is 19.4 Å². The van der Waals surface area contributed by atoms with E-state index in [-0.39, 0.29) is 11.5 Å². The van der Waals surface area contributed by atoms with Crippen molar-refractivity contribution in [2.75, 3.05) is 17.2 Å². The topological polar surface area (TPSA) is 88.9 Å². The Morgan fingerprint density at radius 1 is 1.41 bits per heavy atom. The number of hydrogen-bond donors (Lipinski definition) is 1. The molecule has 2 N–H and O–H groups in total. The van der Waals surface area contributed by atoms with E-state index in [0.29, 0.717) is 17.9 Å². The average Bonchev–Trinajstić information content (AvgIpc) is 2.48. The average molecular weight is 255 g/mol. The second-order valence-corrected chi connectivity index (χ2v) is 6.44. The summed E-state index contributed by atoms with van der Waals surface area (Å²) in [5.41, 5.74) is 7.94. The monoisotopic (exact) mass is 255 g/mol. The third-order valence-corrected chi connectivity index (χ3v) is 4.73. The van der Waals surface area contributed by atoms with Crippen molar-refractivity contribution < 1.29 is 8.42 Å². The summed E-state index contributed by atoms with van der Waals surface area (Å²) in [6.07, 6.45) is 0. The van der Waals surface area contributed by atoms with Crippen molar-refractivity contribution in [3.63, 3.8) is 0 Å². The Labute approximate surface area is 102 Å². The molecule has 0 saturated heterocycles. The van der Waals surface area contributed by atoms with Crippen molar-refractivity contribution in [2.24, 2.45) is 0 Å². The summed E-state index contributed by atoms with van der Waals surface area (Å²) in [6, 6.07) is 2.04. The maximum atomic E-state index is 11.4. The minimum atomic E-state index is -3.02.